The van der Waals surface area contributed by atoms with Gasteiger partial charge < -0.3 is 0 Å². The first-order chi connectivity index (χ1) is 9.60. The van der Waals surface area contributed by atoms with Crippen LogP contribution in [0.4, 0.5) is 0 Å². The van der Waals surface area contributed by atoms with E-state index in [9.17, 15) is 4.21 Å². The third-order valence-electron chi connectivity index (χ3n) is 4.27. The second kappa shape index (κ2) is 7.37. The molecule has 1 fully saturated rings. The highest BCUT2D eigenvalue weighted by Gasteiger charge is 2.30. The van der Waals surface area contributed by atoms with Crippen LogP contribution in [0.1, 0.15) is 51.5 Å². The van der Waals surface area contributed by atoms with Gasteiger partial charge in [-0.3, -0.25) is 4.18 Å². The van der Waals surface area contributed by atoms with Gasteiger partial charge in [0, 0.05) is 0 Å². The third-order valence-corrected chi connectivity index (χ3v) is 5.35. The number of rotatable bonds is 5. The van der Waals surface area contributed by atoms with E-state index in [1.54, 1.807) is 0 Å². The molecule has 0 aliphatic heterocycles. The van der Waals surface area contributed by atoms with Crippen LogP contribution in [0.15, 0.2) is 29.2 Å². The fourth-order valence-corrected chi connectivity index (χ4v) is 3.96. The van der Waals surface area contributed by atoms with Gasteiger partial charge in [0.25, 0.3) is 0 Å². The molecule has 1 aromatic carbocycles. The van der Waals surface area contributed by atoms with Gasteiger partial charge in [-0.1, -0.05) is 44.4 Å². The maximum absolute atomic E-state index is 12.4. The lowest BCUT2D eigenvalue weighted by atomic mass is 9.79. The monoisotopic (exact) mass is 294 g/mol. The van der Waals surface area contributed by atoms with Crippen molar-refractivity contribution in [3.63, 3.8) is 0 Å². The predicted molar refractivity (Wildman–Crippen MR) is 83.9 cm³/mol. The fourth-order valence-electron chi connectivity index (χ4n) is 3.03. The van der Waals surface area contributed by atoms with Gasteiger partial charge in [-0.15, -0.1) is 0 Å². The minimum Gasteiger partial charge on any atom is -0.283 e. The molecular formula is C17H26O2S. The van der Waals surface area contributed by atoms with Crippen molar-refractivity contribution < 1.29 is 8.39 Å². The molecule has 3 heteroatoms. The lowest BCUT2D eigenvalue weighted by molar-refractivity contribution is 0.0770. The third kappa shape index (κ3) is 4.16. The molecule has 0 radical (unpaired) electrons. The van der Waals surface area contributed by atoms with Crippen LogP contribution in [0.5, 0.6) is 0 Å². The lowest BCUT2D eigenvalue weighted by Crippen LogP contribution is -2.31. The van der Waals surface area contributed by atoms with Crippen molar-refractivity contribution in [2.45, 2.75) is 63.9 Å². The first kappa shape index (κ1) is 15.7. The van der Waals surface area contributed by atoms with Crippen molar-refractivity contribution in [1.82, 2.24) is 0 Å². The zero-order valence-corrected chi connectivity index (χ0v) is 13.6. The SMILES string of the molecule is CCC[C@@H]1CC[C@@H](C)C[C@H]1O[S@](=O)c1ccc(C)cc1. The molecule has 0 bridgehead atoms. The molecule has 20 heavy (non-hydrogen) atoms. The van der Waals surface area contributed by atoms with Crippen LogP contribution in [0.2, 0.25) is 0 Å². The largest absolute Gasteiger partial charge is 0.283 e. The van der Waals surface area contributed by atoms with Crippen molar-refractivity contribution in [2.24, 2.45) is 11.8 Å². The average molecular weight is 294 g/mol. The van der Waals surface area contributed by atoms with E-state index in [4.69, 9.17) is 4.18 Å². The Kier molecular flexibility index (Phi) is 5.79. The van der Waals surface area contributed by atoms with E-state index in [1.165, 1.54) is 31.2 Å². The molecule has 4 atom stereocenters. The van der Waals surface area contributed by atoms with Crippen molar-refractivity contribution >= 4 is 11.1 Å². The normalized spacial score (nSPS) is 28.2. The Morgan fingerprint density at radius 2 is 1.95 bits per heavy atom. The Hall–Kier alpha value is -0.670. The standard InChI is InChI=1S/C17H26O2S/c1-4-5-15-9-6-14(3)12-17(15)19-20(18)16-10-7-13(2)8-11-16/h7-8,10-11,14-15,17H,4-6,9,12H2,1-3H3/t14-,15-,17-,20+/m1/s1. The van der Waals surface area contributed by atoms with Gasteiger partial charge in [-0.05, 0) is 50.2 Å². The van der Waals surface area contributed by atoms with E-state index >= 15 is 0 Å². The summed E-state index contributed by atoms with van der Waals surface area (Å²) < 4.78 is 18.3. The smallest absolute Gasteiger partial charge is 0.189 e. The van der Waals surface area contributed by atoms with E-state index in [1.807, 2.05) is 31.2 Å². The maximum Gasteiger partial charge on any atom is 0.189 e. The second-order valence-corrected chi connectivity index (χ2v) is 7.28. The molecule has 0 unspecified atom stereocenters. The number of hydrogen-bond donors (Lipinski definition) is 0. The van der Waals surface area contributed by atoms with E-state index in [-0.39, 0.29) is 6.10 Å². The molecule has 0 amide bonds. The summed E-state index contributed by atoms with van der Waals surface area (Å²) in [5.74, 6) is 1.26. The molecule has 1 aromatic rings. The zero-order chi connectivity index (χ0) is 14.5. The van der Waals surface area contributed by atoms with Crippen LogP contribution in [-0.2, 0) is 15.3 Å². The highest BCUT2D eigenvalue weighted by Crippen LogP contribution is 2.34. The Bertz CT molecular complexity index is 441. The second-order valence-electron chi connectivity index (χ2n) is 6.15. The van der Waals surface area contributed by atoms with Gasteiger partial charge in [0.2, 0.25) is 0 Å². The number of aryl methyl sites for hydroxylation is 1. The van der Waals surface area contributed by atoms with E-state index in [0.29, 0.717) is 11.8 Å². The van der Waals surface area contributed by atoms with Gasteiger partial charge in [0.15, 0.2) is 11.1 Å². The van der Waals surface area contributed by atoms with Crippen LogP contribution in [0, 0.1) is 18.8 Å². The molecule has 0 saturated heterocycles. The van der Waals surface area contributed by atoms with Gasteiger partial charge in [-0.2, -0.15) is 0 Å². The molecule has 2 rings (SSSR count). The summed E-state index contributed by atoms with van der Waals surface area (Å²) in [6.07, 6.45) is 6.05. The Morgan fingerprint density at radius 3 is 2.60 bits per heavy atom. The number of benzene rings is 1. The van der Waals surface area contributed by atoms with Gasteiger partial charge in [0.05, 0.1) is 11.0 Å². The molecular weight excluding hydrogens is 268 g/mol. The molecule has 0 spiro atoms. The van der Waals surface area contributed by atoms with Crippen LogP contribution < -0.4 is 0 Å². The summed E-state index contributed by atoms with van der Waals surface area (Å²) in [5.41, 5.74) is 1.18. The Morgan fingerprint density at radius 1 is 1.25 bits per heavy atom. The number of hydrogen-bond acceptors (Lipinski definition) is 2. The molecule has 1 aliphatic carbocycles. The summed E-state index contributed by atoms with van der Waals surface area (Å²) in [7, 11) is 0. The lowest BCUT2D eigenvalue weighted by Gasteiger charge is -2.33. The van der Waals surface area contributed by atoms with Crippen LogP contribution >= 0.6 is 0 Å². The molecule has 0 N–H and O–H groups in total. The first-order valence-electron chi connectivity index (χ1n) is 7.75. The van der Waals surface area contributed by atoms with Crippen LogP contribution in [-0.4, -0.2) is 10.3 Å². The van der Waals surface area contributed by atoms with Crippen LogP contribution in [0.25, 0.3) is 0 Å². The molecule has 2 nitrogen and oxygen atoms in total. The highest BCUT2D eigenvalue weighted by atomic mass is 32.2. The van der Waals surface area contributed by atoms with Gasteiger partial charge in [0.1, 0.15) is 0 Å². The van der Waals surface area contributed by atoms with E-state index in [2.05, 4.69) is 13.8 Å². The minimum atomic E-state index is -1.33. The highest BCUT2D eigenvalue weighted by molar-refractivity contribution is 7.80. The quantitative estimate of drug-likeness (QED) is 0.791. The summed E-state index contributed by atoms with van der Waals surface area (Å²) in [6.45, 7) is 6.52. The molecule has 1 aliphatic rings. The topological polar surface area (TPSA) is 26.3 Å². The van der Waals surface area contributed by atoms with Crippen molar-refractivity contribution in [3.8, 4) is 0 Å². The fraction of sp³-hybridized carbons (Fsp3) is 0.647. The molecule has 1 saturated carbocycles. The van der Waals surface area contributed by atoms with Gasteiger partial charge in [-0.25, -0.2) is 4.21 Å². The van der Waals surface area contributed by atoms with Crippen molar-refractivity contribution in [3.05, 3.63) is 29.8 Å². The van der Waals surface area contributed by atoms with Crippen LogP contribution in [0.3, 0.4) is 0 Å². The first-order valence-corrected chi connectivity index (χ1v) is 8.83. The van der Waals surface area contributed by atoms with Gasteiger partial charge >= 0.3 is 0 Å². The molecule has 112 valence electrons. The summed E-state index contributed by atoms with van der Waals surface area (Å²) >= 11 is -1.33. The molecule has 0 aromatic heterocycles. The summed E-state index contributed by atoms with van der Waals surface area (Å²) in [5, 5.41) is 0. The van der Waals surface area contributed by atoms with Crippen molar-refractivity contribution in [1.29, 1.82) is 0 Å². The summed E-state index contributed by atoms with van der Waals surface area (Å²) in [4.78, 5) is 0.782. The maximum atomic E-state index is 12.4. The predicted octanol–water partition coefficient (Wildman–Crippen LogP) is 4.64. The Balaban J connectivity index is 2.01. The summed E-state index contributed by atoms with van der Waals surface area (Å²) in [6, 6.07) is 7.80. The average Bonchev–Trinajstić information content (AvgIpc) is 2.42. The van der Waals surface area contributed by atoms with E-state index < -0.39 is 11.1 Å². The molecule has 0 heterocycles. The minimum absolute atomic E-state index is 0.154. The zero-order valence-electron chi connectivity index (χ0n) is 12.8. The van der Waals surface area contributed by atoms with Crippen molar-refractivity contribution in [2.75, 3.05) is 0 Å². The Labute approximate surface area is 125 Å². The van der Waals surface area contributed by atoms with E-state index in [0.717, 1.165) is 11.3 Å².